The van der Waals surface area contributed by atoms with E-state index in [0.717, 1.165) is 35.8 Å². The maximum atomic E-state index is 6.23. The Morgan fingerprint density at radius 2 is 0.949 bits per heavy atom. The minimum Gasteiger partial charge on any atom is -0.457 e. The van der Waals surface area contributed by atoms with Gasteiger partial charge >= 0.3 is 0 Å². The SMILES string of the molecule is Cc1sc2ccc(Oc3ccccc3)cc2c1C1=C(c2c(C)sc3ccc(Oc4ccccc4)cc23)CCC1. The number of thiophene rings is 2. The Kier molecular flexibility index (Phi) is 6.22. The van der Waals surface area contributed by atoms with Gasteiger partial charge in [0, 0.05) is 29.9 Å². The largest absolute Gasteiger partial charge is 0.457 e. The van der Waals surface area contributed by atoms with Gasteiger partial charge in [-0.2, -0.15) is 0 Å². The van der Waals surface area contributed by atoms with E-state index in [1.807, 2.05) is 83.3 Å². The van der Waals surface area contributed by atoms with Crippen LogP contribution in [0.2, 0.25) is 0 Å². The molecule has 7 rings (SSSR count). The second-order valence-electron chi connectivity index (χ2n) is 10.0. The van der Waals surface area contributed by atoms with Gasteiger partial charge in [0.15, 0.2) is 0 Å². The highest BCUT2D eigenvalue weighted by atomic mass is 32.1. The molecule has 1 aliphatic carbocycles. The quantitative estimate of drug-likeness (QED) is 0.208. The molecule has 0 aliphatic heterocycles. The number of hydrogen-bond acceptors (Lipinski definition) is 4. The second-order valence-corrected chi connectivity index (χ2v) is 12.5. The van der Waals surface area contributed by atoms with Crippen molar-refractivity contribution in [2.45, 2.75) is 33.1 Å². The van der Waals surface area contributed by atoms with Crippen molar-refractivity contribution < 1.29 is 9.47 Å². The molecule has 6 aromatic rings. The number of rotatable bonds is 6. The summed E-state index contributed by atoms with van der Waals surface area (Å²) in [4.78, 5) is 2.75. The lowest BCUT2D eigenvalue weighted by Gasteiger charge is -2.12. The van der Waals surface area contributed by atoms with E-state index in [1.165, 1.54) is 58.6 Å². The van der Waals surface area contributed by atoms with Crippen molar-refractivity contribution >= 4 is 54.0 Å². The number of aryl methyl sites for hydroxylation is 2. The van der Waals surface area contributed by atoms with Gasteiger partial charge in [-0.3, -0.25) is 0 Å². The lowest BCUT2D eigenvalue weighted by molar-refractivity contribution is 0.483. The van der Waals surface area contributed by atoms with Gasteiger partial charge in [-0.25, -0.2) is 0 Å². The third kappa shape index (κ3) is 4.54. The monoisotopic (exact) mass is 544 g/mol. The van der Waals surface area contributed by atoms with E-state index in [4.69, 9.17) is 9.47 Å². The van der Waals surface area contributed by atoms with Crippen LogP contribution >= 0.6 is 22.7 Å². The van der Waals surface area contributed by atoms with Crippen LogP contribution in [0.3, 0.4) is 0 Å². The first-order valence-corrected chi connectivity index (χ1v) is 15.0. The normalized spacial score (nSPS) is 13.5. The molecule has 2 heterocycles. The summed E-state index contributed by atoms with van der Waals surface area (Å²) in [6.45, 7) is 4.54. The second kappa shape index (κ2) is 10.0. The number of fused-ring (bicyclic) bond motifs is 2. The van der Waals surface area contributed by atoms with Gasteiger partial charge in [0.05, 0.1) is 0 Å². The Hall–Kier alpha value is -3.86. The summed E-state index contributed by atoms with van der Waals surface area (Å²) in [6, 6.07) is 33.1. The topological polar surface area (TPSA) is 18.5 Å². The minimum atomic E-state index is 0.861. The highest BCUT2D eigenvalue weighted by Gasteiger charge is 2.26. The number of para-hydroxylation sites is 2. The van der Waals surface area contributed by atoms with Gasteiger partial charge in [0.25, 0.3) is 0 Å². The number of hydrogen-bond donors (Lipinski definition) is 0. The van der Waals surface area contributed by atoms with Crippen LogP contribution in [0.1, 0.15) is 40.1 Å². The first kappa shape index (κ1) is 24.2. The van der Waals surface area contributed by atoms with Crippen LogP contribution in [0.5, 0.6) is 23.0 Å². The van der Waals surface area contributed by atoms with Crippen molar-refractivity contribution in [2.24, 2.45) is 0 Å². The minimum absolute atomic E-state index is 0.861. The van der Waals surface area contributed by atoms with Crippen molar-refractivity contribution in [3.05, 3.63) is 118 Å². The first-order chi connectivity index (χ1) is 19.1. The molecule has 0 saturated heterocycles. The average molecular weight is 545 g/mol. The van der Waals surface area contributed by atoms with E-state index in [9.17, 15) is 0 Å². The molecule has 4 aromatic carbocycles. The number of allylic oxidation sites excluding steroid dienone is 2. The lowest BCUT2D eigenvalue weighted by Crippen LogP contribution is -1.90. The molecule has 1 aliphatic rings. The summed E-state index contributed by atoms with van der Waals surface area (Å²) in [5, 5.41) is 2.59. The van der Waals surface area contributed by atoms with E-state index < -0.39 is 0 Å². The van der Waals surface area contributed by atoms with Crippen LogP contribution < -0.4 is 9.47 Å². The van der Waals surface area contributed by atoms with E-state index in [0.29, 0.717) is 0 Å². The molecule has 39 heavy (non-hydrogen) atoms. The van der Waals surface area contributed by atoms with Gasteiger partial charge in [-0.15, -0.1) is 22.7 Å². The third-order valence-electron chi connectivity index (χ3n) is 7.45. The molecule has 0 saturated carbocycles. The zero-order valence-electron chi connectivity index (χ0n) is 22.0. The maximum Gasteiger partial charge on any atom is 0.128 e. The van der Waals surface area contributed by atoms with Crippen molar-refractivity contribution in [1.29, 1.82) is 0 Å². The molecule has 0 unspecified atom stereocenters. The summed E-state index contributed by atoms with van der Waals surface area (Å²) in [7, 11) is 0. The fourth-order valence-corrected chi connectivity index (χ4v) is 7.96. The van der Waals surface area contributed by atoms with E-state index in [-0.39, 0.29) is 0 Å². The standard InChI is InChI=1S/C35H28O2S2/c1-22-34(30-20-26(16-18-32(30)38-22)36-24-10-5-3-6-11-24)28-14-9-15-29(28)35-23(2)39-33-19-17-27(21-31(33)35)37-25-12-7-4-8-13-25/h3-8,10-13,16-21H,9,14-15H2,1-2H3. The fraction of sp³-hybridized carbons (Fsp3) is 0.143. The average Bonchev–Trinajstić information content (AvgIpc) is 3.63. The molecular weight excluding hydrogens is 517 g/mol. The van der Waals surface area contributed by atoms with Crippen molar-refractivity contribution in [2.75, 3.05) is 0 Å². The van der Waals surface area contributed by atoms with Crippen LogP contribution in [0.25, 0.3) is 31.3 Å². The lowest BCUT2D eigenvalue weighted by atomic mass is 9.93. The number of ether oxygens (including phenoxy) is 2. The van der Waals surface area contributed by atoms with Crippen LogP contribution in [0.15, 0.2) is 97.1 Å². The van der Waals surface area contributed by atoms with Gasteiger partial charge < -0.3 is 9.47 Å². The number of benzene rings is 4. The van der Waals surface area contributed by atoms with Crippen molar-refractivity contribution in [1.82, 2.24) is 0 Å². The molecule has 2 aromatic heterocycles. The molecule has 0 spiro atoms. The van der Waals surface area contributed by atoms with Crippen LogP contribution in [0.4, 0.5) is 0 Å². The molecule has 0 amide bonds. The Labute approximate surface area is 236 Å². The highest BCUT2D eigenvalue weighted by molar-refractivity contribution is 7.19. The molecule has 192 valence electrons. The predicted octanol–water partition coefficient (Wildman–Crippen LogP) is 11.4. The van der Waals surface area contributed by atoms with Crippen molar-refractivity contribution in [3.63, 3.8) is 0 Å². The zero-order chi connectivity index (χ0) is 26.3. The molecule has 0 bridgehead atoms. The van der Waals surface area contributed by atoms with E-state index in [1.54, 1.807) is 0 Å². The third-order valence-corrected chi connectivity index (χ3v) is 9.62. The van der Waals surface area contributed by atoms with Crippen LogP contribution in [-0.4, -0.2) is 0 Å². The summed E-state index contributed by atoms with van der Waals surface area (Å²) in [6.07, 6.45) is 3.38. The van der Waals surface area contributed by atoms with E-state index >= 15 is 0 Å². The Balaban J connectivity index is 1.34. The molecule has 0 atom stereocenters. The predicted molar refractivity (Wildman–Crippen MR) is 167 cm³/mol. The summed E-state index contributed by atoms with van der Waals surface area (Å²) in [5.74, 6) is 3.49. The fourth-order valence-electron chi connectivity index (χ4n) is 5.82. The maximum absolute atomic E-state index is 6.23. The summed E-state index contributed by atoms with van der Waals surface area (Å²) in [5.41, 5.74) is 5.79. The molecular formula is C35H28O2S2. The summed E-state index contributed by atoms with van der Waals surface area (Å²) < 4.78 is 15.1. The highest BCUT2D eigenvalue weighted by Crippen LogP contribution is 2.50. The first-order valence-electron chi connectivity index (χ1n) is 13.4. The smallest absolute Gasteiger partial charge is 0.128 e. The Morgan fingerprint density at radius 3 is 1.38 bits per heavy atom. The van der Waals surface area contributed by atoms with Crippen LogP contribution in [-0.2, 0) is 0 Å². The van der Waals surface area contributed by atoms with Gasteiger partial charge in [0.2, 0.25) is 0 Å². The van der Waals surface area contributed by atoms with Crippen molar-refractivity contribution in [3.8, 4) is 23.0 Å². The molecule has 4 heteroatoms. The van der Waals surface area contributed by atoms with Gasteiger partial charge in [0.1, 0.15) is 23.0 Å². The molecule has 0 fully saturated rings. The van der Waals surface area contributed by atoms with E-state index in [2.05, 4.69) is 50.2 Å². The summed E-state index contributed by atoms with van der Waals surface area (Å²) >= 11 is 3.77. The Bertz CT molecular complexity index is 1710. The molecule has 0 radical (unpaired) electrons. The van der Waals surface area contributed by atoms with Gasteiger partial charge in [-0.05, 0) is 116 Å². The van der Waals surface area contributed by atoms with Gasteiger partial charge in [-0.1, -0.05) is 36.4 Å². The zero-order valence-corrected chi connectivity index (χ0v) is 23.6. The molecule has 0 N–H and O–H groups in total. The molecule has 2 nitrogen and oxygen atoms in total. The van der Waals surface area contributed by atoms with Crippen LogP contribution in [0, 0.1) is 13.8 Å². The Morgan fingerprint density at radius 1 is 0.513 bits per heavy atom.